The number of nitrogens with one attached hydrogen (secondary N) is 1. The summed E-state index contributed by atoms with van der Waals surface area (Å²) < 4.78 is 0. The largest absolute Gasteiger partial charge is 0.511 e. The molecule has 0 aromatic heterocycles. The van der Waals surface area contributed by atoms with Gasteiger partial charge in [0, 0.05) is 47.2 Å². The SMILES string of the molecule is CCCCC1=C(C)C2=NC1=CC1=NC(=CC3=C(C)C4=C(O)CC(=C5NC(=C2)C(C)[C@@H]5CCC(=O)O)C4=N3)C(CC)=C1C. The zero-order valence-electron chi connectivity index (χ0n) is 25.5. The van der Waals surface area contributed by atoms with Gasteiger partial charge >= 0.3 is 5.97 Å². The van der Waals surface area contributed by atoms with Gasteiger partial charge in [0.2, 0.25) is 0 Å². The molecule has 1 aliphatic carbocycles. The molecule has 7 nitrogen and oxygen atoms in total. The van der Waals surface area contributed by atoms with Crippen molar-refractivity contribution >= 4 is 23.1 Å². The number of carbonyl (C=O) groups is 1. The first-order valence-electron chi connectivity index (χ1n) is 15.3. The van der Waals surface area contributed by atoms with Gasteiger partial charge < -0.3 is 15.5 Å². The number of aliphatic imine (C=N–C) groups is 3. The molecule has 0 saturated carbocycles. The van der Waals surface area contributed by atoms with Crippen LogP contribution in [0.1, 0.15) is 86.5 Å². The Morgan fingerprint density at radius 1 is 0.976 bits per heavy atom. The molecule has 6 rings (SSSR count). The summed E-state index contributed by atoms with van der Waals surface area (Å²) in [7, 11) is 0. The summed E-state index contributed by atoms with van der Waals surface area (Å²) in [4.78, 5) is 27.0. The summed E-state index contributed by atoms with van der Waals surface area (Å²) in [6, 6.07) is 0. The standard InChI is InChI=1S/C35H40N4O3/c1-7-9-10-22-18(4)25-14-27-19(5)23(11-12-32(41)42)34(38-27)24-13-31(40)33-20(6)28(39-35(24)33)16-29-21(8-2)17(3)26(36-29)15-30(22)37-25/h14-16,19,23,38,40H,7-13H2,1-6H3,(H,41,42)/t19?,23-/m0/s1. The topological polar surface area (TPSA) is 107 Å². The maximum atomic E-state index is 11.6. The van der Waals surface area contributed by atoms with Gasteiger partial charge in [0.05, 0.1) is 34.2 Å². The maximum Gasteiger partial charge on any atom is 0.303 e. The molecule has 0 aromatic rings. The van der Waals surface area contributed by atoms with Crippen LogP contribution in [0.2, 0.25) is 0 Å². The molecule has 0 amide bonds. The van der Waals surface area contributed by atoms with Gasteiger partial charge in [-0.3, -0.25) is 4.79 Å². The first-order chi connectivity index (χ1) is 20.1. The zero-order valence-corrected chi connectivity index (χ0v) is 25.5. The zero-order chi connectivity index (χ0) is 29.9. The number of allylic oxidation sites excluding steroid dienone is 12. The first-order valence-corrected chi connectivity index (χ1v) is 15.3. The highest BCUT2D eigenvalue weighted by Gasteiger charge is 2.41. The van der Waals surface area contributed by atoms with Crippen molar-refractivity contribution in [3.63, 3.8) is 0 Å². The number of aliphatic hydroxyl groups excluding tert-OH is 1. The molecule has 0 spiro atoms. The normalized spacial score (nSPS) is 24.8. The molecule has 1 fully saturated rings. The lowest BCUT2D eigenvalue weighted by Crippen LogP contribution is -2.15. The van der Waals surface area contributed by atoms with Crippen molar-refractivity contribution in [2.75, 3.05) is 0 Å². The van der Waals surface area contributed by atoms with Crippen molar-refractivity contribution in [2.45, 2.75) is 86.5 Å². The lowest BCUT2D eigenvalue weighted by Gasteiger charge is -2.17. The van der Waals surface area contributed by atoms with E-state index in [-0.39, 0.29) is 18.3 Å². The minimum Gasteiger partial charge on any atom is -0.511 e. The molecule has 5 heterocycles. The highest BCUT2D eigenvalue weighted by molar-refractivity contribution is 6.21. The Balaban J connectivity index is 1.59. The van der Waals surface area contributed by atoms with E-state index in [1.807, 2.05) is 6.92 Å². The fourth-order valence-corrected chi connectivity index (χ4v) is 7.11. The minimum absolute atomic E-state index is 0.0321. The first kappa shape index (κ1) is 28.1. The number of unbranched alkanes of at least 4 members (excludes halogenated alkanes) is 1. The molecular formula is C35H40N4O3. The highest BCUT2D eigenvalue weighted by Crippen LogP contribution is 2.46. The van der Waals surface area contributed by atoms with E-state index in [0.717, 1.165) is 88.0 Å². The molecule has 6 aliphatic rings. The van der Waals surface area contributed by atoms with Crippen LogP contribution in [0.3, 0.4) is 0 Å². The minimum atomic E-state index is -0.805. The van der Waals surface area contributed by atoms with Crippen LogP contribution in [-0.2, 0) is 4.79 Å². The summed E-state index contributed by atoms with van der Waals surface area (Å²) in [5.74, 6) is -0.458. The third-order valence-electron chi connectivity index (χ3n) is 9.63. The van der Waals surface area contributed by atoms with Gasteiger partial charge in [-0.15, -0.1) is 0 Å². The smallest absolute Gasteiger partial charge is 0.303 e. The Bertz CT molecular complexity index is 1660. The van der Waals surface area contributed by atoms with E-state index in [0.29, 0.717) is 18.6 Å². The number of aliphatic hydroxyl groups is 1. The second-order valence-corrected chi connectivity index (χ2v) is 12.1. The number of carboxylic acids is 1. The number of rotatable bonds is 7. The summed E-state index contributed by atoms with van der Waals surface area (Å²) in [5.41, 5.74) is 14.9. The lowest BCUT2D eigenvalue weighted by atomic mass is 9.86. The Morgan fingerprint density at radius 2 is 1.67 bits per heavy atom. The van der Waals surface area contributed by atoms with Gasteiger partial charge in [0.25, 0.3) is 0 Å². The van der Waals surface area contributed by atoms with E-state index in [2.05, 4.69) is 58.2 Å². The van der Waals surface area contributed by atoms with Crippen molar-refractivity contribution < 1.29 is 15.0 Å². The van der Waals surface area contributed by atoms with Crippen molar-refractivity contribution in [1.82, 2.24) is 5.32 Å². The number of carboxylic acid groups (broad SMARTS) is 1. The average molecular weight is 565 g/mol. The number of fused-ring (bicyclic) bond motifs is 5. The van der Waals surface area contributed by atoms with Crippen LogP contribution in [0.15, 0.2) is 106 Å². The van der Waals surface area contributed by atoms with Crippen LogP contribution in [-0.4, -0.2) is 33.3 Å². The molecule has 0 aromatic carbocycles. The van der Waals surface area contributed by atoms with Gasteiger partial charge in [-0.05, 0) is 92.5 Å². The molecule has 1 saturated heterocycles. The average Bonchev–Trinajstić information content (AvgIpc) is 3.69. The monoisotopic (exact) mass is 564 g/mol. The van der Waals surface area contributed by atoms with E-state index in [1.165, 1.54) is 22.3 Å². The van der Waals surface area contributed by atoms with E-state index in [9.17, 15) is 15.0 Å². The highest BCUT2D eigenvalue weighted by atomic mass is 16.4. The second kappa shape index (κ2) is 10.7. The summed E-state index contributed by atoms with van der Waals surface area (Å²) in [5, 5.41) is 24.4. The molecule has 3 N–H and O–H groups in total. The number of hydrogen-bond donors (Lipinski definition) is 3. The predicted octanol–water partition coefficient (Wildman–Crippen LogP) is 7.71. The van der Waals surface area contributed by atoms with Crippen LogP contribution in [0, 0.1) is 11.8 Å². The quantitative estimate of drug-likeness (QED) is 0.294. The van der Waals surface area contributed by atoms with Gasteiger partial charge in [-0.1, -0.05) is 27.2 Å². The van der Waals surface area contributed by atoms with Crippen molar-refractivity contribution in [3.8, 4) is 0 Å². The summed E-state index contributed by atoms with van der Waals surface area (Å²) in [6.45, 7) is 12.8. The van der Waals surface area contributed by atoms with Crippen LogP contribution in [0.5, 0.6) is 0 Å². The van der Waals surface area contributed by atoms with E-state index >= 15 is 0 Å². The Labute approximate surface area is 248 Å². The fraction of sp³-hybridized carbons (Fsp3) is 0.429. The number of hydrogen-bond acceptors (Lipinski definition) is 6. The number of nitrogens with zero attached hydrogens (tertiary/aromatic N) is 3. The van der Waals surface area contributed by atoms with Gasteiger partial charge in [-0.2, -0.15) is 0 Å². The lowest BCUT2D eigenvalue weighted by molar-refractivity contribution is -0.137. The fourth-order valence-electron chi connectivity index (χ4n) is 7.11. The number of aliphatic carboxylic acids is 1. The van der Waals surface area contributed by atoms with Crippen LogP contribution in [0.25, 0.3) is 0 Å². The molecule has 0 radical (unpaired) electrons. The summed E-state index contributed by atoms with van der Waals surface area (Å²) in [6.07, 6.45) is 11.3. The molecular weight excluding hydrogens is 524 g/mol. The van der Waals surface area contributed by atoms with Gasteiger partial charge in [0.1, 0.15) is 5.76 Å². The van der Waals surface area contributed by atoms with E-state index in [1.54, 1.807) is 0 Å². The molecule has 218 valence electrons. The van der Waals surface area contributed by atoms with Crippen molar-refractivity contribution in [3.05, 3.63) is 91.5 Å². The van der Waals surface area contributed by atoms with Crippen molar-refractivity contribution in [2.24, 2.45) is 26.8 Å². The molecule has 8 bridgehead atoms. The third kappa shape index (κ3) is 4.50. The van der Waals surface area contributed by atoms with Crippen LogP contribution in [0.4, 0.5) is 0 Å². The Morgan fingerprint density at radius 3 is 2.36 bits per heavy atom. The van der Waals surface area contributed by atoms with Crippen LogP contribution >= 0.6 is 0 Å². The molecule has 5 aliphatic heterocycles. The Kier molecular flexibility index (Phi) is 7.16. The van der Waals surface area contributed by atoms with Crippen LogP contribution < -0.4 is 5.32 Å². The summed E-state index contributed by atoms with van der Waals surface area (Å²) >= 11 is 0. The third-order valence-corrected chi connectivity index (χ3v) is 9.63. The molecule has 1 unspecified atom stereocenters. The molecule has 7 heteroatoms. The molecule has 2 atom stereocenters. The van der Waals surface area contributed by atoms with Gasteiger partial charge in [-0.25, -0.2) is 15.0 Å². The van der Waals surface area contributed by atoms with E-state index in [4.69, 9.17) is 15.0 Å². The second-order valence-electron chi connectivity index (χ2n) is 12.1. The maximum absolute atomic E-state index is 11.6. The van der Waals surface area contributed by atoms with Crippen molar-refractivity contribution in [1.29, 1.82) is 0 Å². The van der Waals surface area contributed by atoms with Gasteiger partial charge in [0.15, 0.2) is 0 Å². The Hall–Kier alpha value is -4.00. The van der Waals surface area contributed by atoms with E-state index < -0.39 is 5.97 Å². The molecule has 42 heavy (non-hydrogen) atoms. The predicted molar refractivity (Wildman–Crippen MR) is 168 cm³/mol.